The van der Waals surface area contributed by atoms with Crippen molar-refractivity contribution in [2.45, 2.75) is 23.8 Å². The first-order valence-electron chi connectivity index (χ1n) is 13.1. The maximum absolute atomic E-state index is 13.7. The molecule has 1 aliphatic rings. The van der Waals surface area contributed by atoms with Crippen LogP contribution in [-0.4, -0.2) is 90.5 Å². The molecule has 1 amide bonds. The molecule has 0 aliphatic carbocycles. The Morgan fingerprint density at radius 3 is 2.50 bits per heavy atom. The number of aromatic nitrogens is 3. The van der Waals surface area contributed by atoms with Crippen molar-refractivity contribution in [3.63, 3.8) is 0 Å². The second kappa shape index (κ2) is 13.3. The monoisotopic (exact) mass is 633 g/mol. The van der Waals surface area contributed by atoms with E-state index in [2.05, 4.69) is 36.6 Å². The lowest BCUT2D eigenvalue weighted by molar-refractivity contribution is -0.274. The maximum Gasteiger partial charge on any atom is 0.573 e. The Bertz CT molecular complexity index is 1620. The summed E-state index contributed by atoms with van der Waals surface area (Å²) >= 11 is 0. The van der Waals surface area contributed by atoms with Gasteiger partial charge in [0, 0.05) is 46.5 Å². The topological polar surface area (TPSA) is 159 Å². The van der Waals surface area contributed by atoms with E-state index in [0.29, 0.717) is 17.2 Å². The number of halogens is 3. The summed E-state index contributed by atoms with van der Waals surface area (Å²) in [6.45, 7) is 3.66. The van der Waals surface area contributed by atoms with Crippen LogP contribution >= 0.6 is 0 Å². The number of amidine groups is 1. The van der Waals surface area contributed by atoms with Gasteiger partial charge in [0.05, 0.1) is 16.8 Å². The Balaban J connectivity index is 1.62. The highest BCUT2D eigenvalue weighted by Crippen LogP contribution is 2.27. The fourth-order valence-corrected chi connectivity index (χ4v) is 5.87. The number of benzene rings is 1. The van der Waals surface area contributed by atoms with Gasteiger partial charge in [0.2, 0.25) is 15.9 Å². The van der Waals surface area contributed by atoms with Crippen LogP contribution in [0.2, 0.25) is 0 Å². The number of carbonyl (C=O) groups is 1. The number of rotatable bonds is 9. The van der Waals surface area contributed by atoms with E-state index in [9.17, 15) is 26.4 Å². The summed E-state index contributed by atoms with van der Waals surface area (Å²) in [5, 5.41) is 2.77. The molecule has 1 aliphatic heterocycles. The number of nitrogens with zero attached hydrogens (tertiary/aromatic N) is 7. The van der Waals surface area contributed by atoms with Gasteiger partial charge in [-0.05, 0) is 42.0 Å². The van der Waals surface area contributed by atoms with Crippen LogP contribution in [-0.2, 0) is 21.4 Å². The van der Waals surface area contributed by atoms with E-state index in [-0.39, 0.29) is 42.6 Å². The number of nitrogen functional groups attached to an aromatic ring is 1. The van der Waals surface area contributed by atoms with Crippen LogP contribution in [0.5, 0.6) is 5.75 Å². The molecule has 0 saturated carbocycles. The number of amides is 1. The fraction of sp³-hybridized carbons (Fsp3) is 0.296. The molecule has 2 aromatic heterocycles. The molecular weight excluding hydrogens is 603 g/mol. The Morgan fingerprint density at radius 2 is 1.91 bits per heavy atom. The van der Waals surface area contributed by atoms with Crippen LogP contribution in [0.1, 0.15) is 5.56 Å². The number of alkyl halides is 3. The van der Waals surface area contributed by atoms with Gasteiger partial charge >= 0.3 is 6.36 Å². The molecule has 44 heavy (non-hydrogen) atoms. The number of nitrogens with one attached hydrogen (secondary N) is 1. The number of hydrogen-bond donors (Lipinski definition) is 2. The van der Waals surface area contributed by atoms with Gasteiger partial charge in [-0.15, -0.1) is 13.2 Å². The Labute approximate surface area is 251 Å². The zero-order valence-corrected chi connectivity index (χ0v) is 24.6. The predicted molar refractivity (Wildman–Crippen MR) is 157 cm³/mol. The molecule has 1 aromatic carbocycles. The standard InChI is InChI=1S/C27H30F3N9O4S/c1-4-23(36-25-21(31)15-32-17-35-25)38-11-12-39(44(41,42)20-8-6-19(7-9-20)43-27(28,29)30)22(16-38)26(40)34-14-18-5-10-24(33-13-18)37(2)3/h4-10,13,15,17,22H,1,11-12,14,16,31H2,2-3H3,(H,34,40)/b36-23+/t22-/m1/s1. The first-order valence-corrected chi connectivity index (χ1v) is 14.5. The van der Waals surface area contributed by atoms with Crippen molar-refractivity contribution < 1.29 is 31.1 Å². The number of ether oxygens (including phenoxy) is 1. The summed E-state index contributed by atoms with van der Waals surface area (Å²) in [5.41, 5.74) is 6.80. The number of piperazine rings is 1. The van der Waals surface area contributed by atoms with Gasteiger partial charge in [-0.2, -0.15) is 4.31 Å². The number of pyridine rings is 1. The van der Waals surface area contributed by atoms with E-state index in [1.165, 1.54) is 18.6 Å². The highest BCUT2D eigenvalue weighted by Gasteiger charge is 2.41. The van der Waals surface area contributed by atoms with Crippen molar-refractivity contribution in [3.05, 3.63) is 73.3 Å². The van der Waals surface area contributed by atoms with Crippen molar-refractivity contribution in [2.75, 3.05) is 44.4 Å². The zero-order valence-electron chi connectivity index (χ0n) is 23.8. The van der Waals surface area contributed by atoms with Crippen LogP contribution in [0.25, 0.3) is 0 Å². The van der Waals surface area contributed by atoms with Gasteiger partial charge in [0.1, 0.15) is 29.8 Å². The van der Waals surface area contributed by atoms with Crippen molar-refractivity contribution in [1.29, 1.82) is 0 Å². The third-order valence-corrected chi connectivity index (χ3v) is 8.40. The predicted octanol–water partition coefficient (Wildman–Crippen LogP) is 2.33. The summed E-state index contributed by atoms with van der Waals surface area (Å²) in [6.07, 6.45) is 0.720. The zero-order chi connectivity index (χ0) is 32.1. The van der Waals surface area contributed by atoms with E-state index in [0.717, 1.165) is 28.6 Å². The smallest absolute Gasteiger partial charge is 0.406 e. The van der Waals surface area contributed by atoms with Crippen molar-refractivity contribution in [1.82, 2.24) is 29.5 Å². The number of sulfonamides is 1. The molecule has 3 N–H and O–H groups in total. The minimum absolute atomic E-state index is 0.0628. The van der Waals surface area contributed by atoms with Crippen molar-refractivity contribution in [3.8, 4) is 5.75 Å². The fourth-order valence-electron chi connectivity index (χ4n) is 4.30. The Hall–Kier alpha value is -4.77. The summed E-state index contributed by atoms with van der Waals surface area (Å²) in [7, 11) is -0.676. The van der Waals surface area contributed by atoms with Gasteiger partial charge in [-0.1, -0.05) is 12.6 Å². The van der Waals surface area contributed by atoms with Gasteiger partial charge in [0.15, 0.2) is 5.82 Å². The summed E-state index contributed by atoms with van der Waals surface area (Å²) in [6, 6.07) is 6.06. The van der Waals surface area contributed by atoms with Crippen molar-refractivity contribution >= 4 is 39.1 Å². The van der Waals surface area contributed by atoms with Crippen LogP contribution in [0, 0.1) is 0 Å². The van der Waals surface area contributed by atoms with Crippen LogP contribution in [0.4, 0.5) is 30.5 Å². The minimum Gasteiger partial charge on any atom is -0.406 e. The van der Waals surface area contributed by atoms with E-state index in [1.54, 1.807) is 23.2 Å². The third kappa shape index (κ3) is 7.78. The van der Waals surface area contributed by atoms with E-state index >= 15 is 0 Å². The molecule has 0 unspecified atom stereocenters. The number of hydrogen-bond acceptors (Lipinski definition) is 10. The second-order valence-electron chi connectivity index (χ2n) is 9.71. The second-order valence-corrected chi connectivity index (χ2v) is 11.6. The highest BCUT2D eigenvalue weighted by molar-refractivity contribution is 7.89. The minimum atomic E-state index is -4.94. The molecule has 17 heteroatoms. The Morgan fingerprint density at radius 1 is 1.18 bits per heavy atom. The Kier molecular flexibility index (Phi) is 9.68. The first-order chi connectivity index (χ1) is 20.8. The summed E-state index contributed by atoms with van der Waals surface area (Å²) in [5.74, 6) is -0.0205. The molecule has 0 spiro atoms. The van der Waals surface area contributed by atoms with Gasteiger partial charge in [0.25, 0.3) is 0 Å². The van der Waals surface area contributed by atoms with Gasteiger partial charge in [-0.3, -0.25) is 4.79 Å². The molecule has 3 aromatic rings. The van der Waals surface area contributed by atoms with Crippen molar-refractivity contribution in [2.24, 2.45) is 4.99 Å². The number of nitrogens with two attached hydrogens (primary N) is 1. The lowest BCUT2D eigenvalue weighted by Gasteiger charge is -2.40. The highest BCUT2D eigenvalue weighted by atomic mass is 32.2. The number of anilines is 2. The third-order valence-electron chi connectivity index (χ3n) is 6.48. The number of aliphatic imine (C=N–C) groups is 1. The maximum atomic E-state index is 13.7. The van der Waals surface area contributed by atoms with E-state index in [4.69, 9.17) is 5.73 Å². The molecule has 1 saturated heterocycles. The van der Waals surface area contributed by atoms with E-state index < -0.39 is 34.1 Å². The van der Waals surface area contributed by atoms with Crippen LogP contribution < -0.4 is 20.7 Å². The SMILES string of the molecule is C=C/C(=N\c1ncncc1N)N1CCN(S(=O)(=O)c2ccc(OC(F)(F)F)cc2)[C@@H](C(=O)NCc2ccc(N(C)C)nc2)C1. The lowest BCUT2D eigenvalue weighted by Crippen LogP contribution is -2.61. The molecule has 234 valence electrons. The molecule has 13 nitrogen and oxygen atoms in total. The average Bonchev–Trinajstić information content (AvgIpc) is 2.99. The van der Waals surface area contributed by atoms with Crippen LogP contribution in [0.3, 0.4) is 0 Å². The summed E-state index contributed by atoms with van der Waals surface area (Å²) < 4.78 is 70.1. The largest absolute Gasteiger partial charge is 0.573 e. The molecule has 0 bridgehead atoms. The normalized spacial score (nSPS) is 16.3. The lowest BCUT2D eigenvalue weighted by atomic mass is 10.1. The molecular formula is C27H30F3N9O4S. The van der Waals surface area contributed by atoms with Gasteiger partial charge in [-0.25, -0.2) is 28.4 Å². The van der Waals surface area contributed by atoms with Crippen LogP contribution in [0.15, 0.2) is 77.7 Å². The average molecular weight is 634 g/mol. The molecule has 0 radical (unpaired) electrons. The molecule has 1 atom stereocenters. The molecule has 3 heterocycles. The summed E-state index contributed by atoms with van der Waals surface area (Å²) in [4.78, 5) is 33.4. The quantitative estimate of drug-likeness (QED) is 0.265. The molecule has 4 rings (SSSR count). The van der Waals surface area contributed by atoms with Gasteiger partial charge < -0.3 is 25.6 Å². The van der Waals surface area contributed by atoms with E-state index in [1.807, 2.05) is 19.0 Å². The first kappa shape index (κ1) is 32.2. The molecule has 1 fully saturated rings. The number of carbonyl (C=O) groups excluding carboxylic acids is 1.